The van der Waals surface area contributed by atoms with Gasteiger partial charge in [-0.1, -0.05) is 18.9 Å². The van der Waals surface area contributed by atoms with E-state index in [1.54, 1.807) is 0 Å². The van der Waals surface area contributed by atoms with Crippen LogP contribution in [0.4, 0.5) is 0 Å². The van der Waals surface area contributed by atoms with Crippen LogP contribution in [0.2, 0.25) is 0 Å². The Kier molecular flexibility index (Phi) is 3.69. The van der Waals surface area contributed by atoms with Gasteiger partial charge in [0, 0.05) is 17.8 Å². The number of hydrogen-bond donors (Lipinski definition) is 0. The third-order valence-electron chi connectivity index (χ3n) is 1.87. The SMILES string of the molecule is CCSN1C(C)COCC1C. The Morgan fingerprint density at radius 3 is 2.36 bits per heavy atom. The van der Waals surface area contributed by atoms with Gasteiger partial charge in [-0.25, -0.2) is 4.31 Å². The normalized spacial score (nSPS) is 34.1. The van der Waals surface area contributed by atoms with Crippen LogP contribution in [0.5, 0.6) is 0 Å². The predicted molar refractivity (Wildman–Crippen MR) is 49.7 cm³/mol. The van der Waals surface area contributed by atoms with E-state index in [0.29, 0.717) is 12.1 Å². The fourth-order valence-electron chi connectivity index (χ4n) is 1.39. The Morgan fingerprint density at radius 2 is 1.91 bits per heavy atom. The molecule has 3 heteroatoms. The van der Waals surface area contributed by atoms with Crippen molar-refractivity contribution < 1.29 is 4.74 Å². The van der Waals surface area contributed by atoms with Crippen LogP contribution in [0.25, 0.3) is 0 Å². The lowest BCUT2D eigenvalue weighted by atomic mass is 10.2. The summed E-state index contributed by atoms with van der Waals surface area (Å²) in [6, 6.07) is 1.15. The van der Waals surface area contributed by atoms with Crippen molar-refractivity contribution in [2.45, 2.75) is 32.9 Å². The number of nitrogens with zero attached hydrogens (tertiary/aromatic N) is 1. The lowest BCUT2D eigenvalue weighted by molar-refractivity contribution is 0.0115. The highest BCUT2D eigenvalue weighted by Crippen LogP contribution is 2.21. The summed E-state index contributed by atoms with van der Waals surface area (Å²) in [5.41, 5.74) is 0. The van der Waals surface area contributed by atoms with Gasteiger partial charge in [-0.15, -0.1) is 0 Å². The molecule has 11 heavy (non-hydrogen) atoms. The van der Waals surface area contributed by atoms with E-state index in [1.165, 1.54) is 0 Å². The minimum Gasteiger partial charge on any atom is -0.378 e. The zero-order valence-electron chi connectivity index (χ0n) is 7.54. The minimum atomic E-state index is 0.573. The van der Waals surface area contributed by atoms with Gasteiger partial charge in [-0.05, 0) is 13.8 Å². The summed E-state index contributed by atoms with van der Waals surface area (Å²) in [6.07, 6.45) is 0. The molecule has 1 aliphatic heterocycles. The van der Waals surface area contributed by atoms with Gasteiger partial charge in [0.2, 0.25) is 0 Å². The van der Waals surface area contributed by atoms with Crippen LogP contribution in [0.15, 0.2) is 0 Å². The molecule has 1 fully saturated rings. The third kappa shape index (κ3) is 2.36. The molecule has 2 nitrogen and oxygen atoms in total. The number of morpholine rings is 1. The van der Waals surface area contributed by atoms with E-state index in [0.717, 1.165) is 19.0 Å². The second kappa shape index (κ2) is 4.33. The highest BCUT2D eigenvalue weighted by molar-refractivity contribution is 7.97. The van der Waals surface area contributed by atoms with Crippen LogP contribution in [-0.2, 0) is 4.74 Å². The molecular formula is C8H17NOS. The Labute approximate surface area is 73.4 Å². The van der Waals surface area contributed by atoms with Crippen molar-refractivity contribution in [3.05, 3.63) is 0 Å². The first-order valence-corrected chi connectivity index (χ1v) is 5.19. The number of ether oxygens (including phenoxy) is 1. The van der Waals surface area contributed by atoms with Crippen LogP contribution >= 0.6 is 11.9 Å². The summed E-state index contributed by atoms with van der Waals surface area (Å²) in [6.45, 7) is 8.41. The molecule has 1 saturated heterocycles. The van der Waals surface area contributed by atoms with Crippen molar-refractivity contribution in [1.29, 1.82) is 0 Å². The standard InChI is InChI=1S/C8H17NOS/c1-4-11-9-7(2)5-10-6-8(9)3/h7-8H,4-6H2,1-3H3. The van der Waals surface area contributed by atoms with Crippen molar-refractivity contribution >= 4 is 11.9 Å². The van der Waals surface area contributed by atoms with E-state index in [9.17, 15) is 0 Å². The summed E-state index contributed by atoms with van der Waals surface area (Å²) in [5.74, 6) is 1.16. The lowest BCUT2D eigenvalue weighted by Gasteiger charge is -2.37. The van der Waals surface area contributed by atoms with Gasteiger partial charge in [0.05, 0.1) is 13.2 Å². The molecule has 66 valence electrons. The average Bonchev–Trinajstić information content (AvgIpc) is 1.97. The van der Waals surface area contributed by atoms with Crippen LogP contribution < -0.4 is 0 Å². The van der Waals surface area contributed by atoms with E-state index >= 15 is 0 Å². The number of hydrogen-bond acceptors (Lipinski definition) is 3. The minimum absolute atomic E-state index is 0.573. The highest BCUT2D eigenvalue weighted by Gasteiger charge is 2.24. The molecule has 0 aromatic carbocycles. The van der Waals surface area contributed by atoms with Crippen LogP contribution in [0.3, 0.4) is 0 Å². The molecule has 0 N–H and O–H groups in total. The lowest BCUT2D eigenvalue weighted by Crippen LogP contribution is -2.45. The van der Waals surface area contributed by atoms with E-state index < -0.39 is 0 Å². The average molecular weight is 175 g/mol. The van der Waals surface area contributed by atoms with Gasteiger partial charge >= 0.3 is 0 Å². The molecule has 1 aliphatic rings. The molecule has 2 unspecified atom stereocenters. The smallest absolute Gasteiger partial charge is 0.0629 e. The van der Waals surface area contributed by atoms with Gasteiger partial charge in [0.25, 0.3) is 0 Å². The topological polar surface area (TPSA) is 12.5 Å². The summed E-state index contributed by atoms with van der Waals surface area (Å²) in [7, 11) is 0. The van der Waals surface area contributed by atoms with E-state index in [1.807, 2.05) is 11.9 Å². The van der Waals surface area contributed by atoms with Gasteiger partial charge < -0.3 is 4.74 Å². The zero-order valence-corrected chi connectivity index (χ0v) is 8.36. The Morgan fingerprint density at radius 1 is 1.36 bits per heavy atom. The van der Waals surface area contributed by atoms with Crippen LogP contribution in [-0.4, -0.2) is 35.4 Å². The van der Waals surface area contributed by atoms with Gasteiger partial charge in [0.1, 0.15) is 0 Å². The van der Waals surface area contributed by atoms with Crippen molar-refractivity contribution in [3.8, 4) is 0 Å². The molecule has 0 bridgehead atoms. The van der Waals surface area contributed by atoms with Gasteiger partial charge in [-0.3, -0.25) is 0 Å². The molecule has 1 rings (SSSR count). The fourth-order valence-corrected chi connectivity index (χ4v) is 2.32. The first kappa shape index (κ1) is 9.36. The largest absolute Gasteiger partial charge is 0.378 e. The van der Waals surface area contributed by atoms with E-state index in [4.69, 9.17) is 4.74 Å². The maximum absolute atomic E-state index is 5.42. The predicted octanol–water partition coefficient (Wildman–Crippen LogP) is 1.76. The zero-order chi connectivity index (χ0) is 8.27. The van der Waals surface area contributed by atoms with Crippen LogP contribution in [0, 0.1) is 0 Å². The molecule has 2 atom stereocenters. The second-order valence-electron chi connectivity index (χ2n) is 3.01. The van der Waals surface area contributed by atoms with Crippen molar-refractivity contribution in [2.75, 3.05) is 19.0 Å². The monoisotopic (exact) mass is 175 g/mol. The maximum atomic E-state index is 5.42. The summed E-state index contributed by atoms with van der Waals surface area (Å²) >= 11 is 1.92. The fraction of sp³-hybridized carbons (Fsp3) is 1.00. The van der Waals surface area contributed by atoms with Gasteiger partial charge in [-0.2, -0.15) is 0 Å². The van der Waals surface area contributed by atoms with Crippen molar-refractivity contribution in [1.82, 2.24) is 4.31 Å². The molecule has 0 spiro atoms. The Bertz CT molecular complexity index is 111. The molecule has 0 saturated carbocycles. The van der Waals surface area contributed by atoms with Crippen molar-refractivity contribution in [2.24, 2.45) is 0 Å². The van der Waals surface area contributed by atoms with Crippen molar-refractivity contribution in [3.63, 3.8) is 0 Å². The summed E-state index contributed by atoms with van der Waals surface area (Å²) < 4.78 is 7.86. The summed E-state index contributed by atoms with van der Waals surface area (Å²) in [5, 5.41) is 0. The van der Waals surface area contributed by atoms with E-state index in [2.05, 4.69) is 25.1 Å². The molecule has 1 heterocycles. The molecule has 0 radical (unpaired) electrons. The highest BCUT2D eigenvalue weighted by atomic mass is 32.2. The third-order valence-corrected chi connectivity index (χ3v) is 3.14. The maximum Gasteiger partial charge on any atom is 0.0629 e. The van der Waals surface area contributed by atoms with Crippen LogP contribution in [0.1, 0.15) is 20.8 Å². The molecule has 0 amide bonds. The number of rotatable bonds is 2. The first-order valence-electron chi connectivity index (χ1n) is 4.24. The van der Waals surface area contributed by atoms with Gasteiger partial charge in [0.15, 0.2) is 0 Å². The molecule has 0 aliphatic carbocycles. The molecule has 0 aromatic heterocycles. The Balaban J connectivity index is 2.41. The second-order valence-corrected chi connectivity index (χ2v) is 4.27. The molecule has 0 aromatic rings. The van der Waals surface area contributed by atoms with E-state index in [-0.39, 0.29) is 0 Å². The summed E-state index contributed by atoms with van der Waals surface area (Å²) in [4.78, 5) is 0. The quantitative estimate of drug-likeness (QED) is 0.593. The molecular weight excluding hydrogens is 158 g/mol. The first-order chi connectivity index (χ1) is 5.25. The Hall–Kier alpha value is 0.270.